The molecule has 0 aliphatic heterocycles. The predicted molar refractivity (Wildman–Crippen MR) is 78.8 cm³/mol. The fourth-order valence-electron chi connectivity index (χ4n) is 1.43. The number of amides is 1. The smallest absolute Gasteiger partial charge is 0.237 e. The molecule has 0 aliphatic carbocycles. The Morgan fingerprint density at radius 3 is 2.65 bits per heavy atom. The van der Waals surface area contributed by atoms with Crippen LogP contribution in [0.1, 0.15) is 25.0 Å². The Morgan fingerprint density at radius 2 is 2.06 bits per heavy atom. The molecule has 0 radical (unpaired) electrons. The Hall–Kier alpha value is -0.620. The Balaban J connectivity index is 2.52. The highest BCUT2D eigenvalue weighted by molar-refractivity contribution is 14.1. The summed E-state index contributed by atoms with van der Waals surface area (Å²) < 4.78 is 0.977. The highest BCUT2D eigenvalue weighted by Crippen LogP contribution is 2.09. The lowest BCUT2D eigenvalue weighted by Gasteiger charge is -2.15. The molecule has 1 atom stereocenters. The molecule has 1 aromatic carbocycles. The molecule has 0 saturated carbocycles. The van der Waals surface area contributed by atoms with Crippen molar-refractivity contribution >= 4 is 28.5 Å². The van der Waals surface area contributed by atoms with Gasteiger partial charge in [0.1, 0.15) is 0 Å². The van der Waals surface area contributed by atoms with Crippen molar-refractivity contribution in [1.29, 1.82) is 0 Å². The second-order valence-corrected chi connectivity index (χ2v) is 5.20. The number of nitrogens with two attached hydrogens (primary N) is 1. The van der Waals surface area contributed by atoms with Crippen LogP contribution in [0, 0.1) is 5.92 Å². The Labute approximate surface area is 116 Å². The molecule has 0 saturated heterocycles. The van der Waals surface area contributed by atoms with Gasteiger partial charge in [0.25, 0.3) is 0 Å². The minimum Gasteiger partial charge on any atom is -0.351 e. The van der Waals surface area contributed by atoms with Crippen molar-refractivity contribution < 1.29 is 4.79 Å². The second kappa shape index (κ2) is 6.96. The molecule has 0 unspecified atom stereocenters. The molecule has 0 aliphatic rings. The highest BCUT2D eigenvalue weighted by Gasteiger charge is 2.16. The molecule has 1 rings (SSSR count). The van der Waals surface area contributed by atoms with Crippen LogP contribution in [-0.4, -0.2) is 11.9 Å². The van der Waals surface area contributed by atoms with E-state index in [0.29, 0.717) is 6.54 Å². The summed E-state index contributed by atoms with van der Waals surface area (Å²) in [6.07, 6.45) is 0. The quantitative estimate of drug-likeness (QED) is 0.635. The van der Waals surface area contributed by atoms with Gasteiger partial charge in [-0.15, -0.1) is 0 Å². The summed E-state index contributed by atoms with van der Waals surface area (Å²) in [4.78, 5) is 11.7. The van der Waals surface area contributed by atoms with Crippen LogP contribution in [0.3, 0.4) is 0 Å². The van der Waals surface area contributed by atoms with Crippen molar-refractivity contribution in [3.05, 3.63) is 35.4 Å². The van der Waals surface area contributed by atoms with Crippen LogP contribution in [-0.2, 0) is 15.8 Å². The summed E-state index contributed by atoms with van der Waals surface area (Å²) in [5.74, 6) is 0.0792. The van der Waals surface area contributed by atoms with Gasteiger partial charge in [-0.05, 0) is 17.0 Å². The van der Waals surface area contributed by atoms with E-state index in [1.807, 2.05) is 26.0 Å². The van der Waals surface area contributed by atoms with Gasteiger partial charge in [-0.25, -0.2) is 0 Å². The minimum atomic E-state index is -0.428. The molecule has 94 valence electrons. The normalized spacial score (nSPS) is 12.5. The molecule has 3 nitrogen and oxygen atoms in total. The van der Waals surface area contributed by atoms with Crippen molar-refractivity contribution in [1.82, 2.24) is 5.32 Å². The number of nitrogens with one attached hydrogen (secondary N) is 1. The van der Waals surface area contributed by atoms with E-state index in [1.165, 1.54) is 5.56 Å². The van der Waals surface area contributed by atoms with Crippen LogP contribution >= 0.6 is 22.6 Å². The van der Waals surface area contributed by atoms with Crippen molar-refractivity contribution in [2.45, 2.75) is 30.9 Å². The van der Waals surface area contributed by atoms with E-state index in [-0.39, 0.29) is 11.8 Å². The summed E-state index contributed by atoms with van der Waals surface area (Å²) in [5, 5.41) is 2.86. The monoisotopic (exact) mass is 346 g/mol. The third-order valence-corrected chi connectivity index (χ3v) is 3.51. The number of halogens is 1. The van der Waals surface area contributed by atoms with Gasteiger partial charge in [0.05, 0.1) is 6.04 Å². The van der Waals surface area contributed by atoms with Crippen LogP contribution in [0.15, 0.2) is 24.3 Å². The first-order valence-corrected chi connectivity index (χ1v) is 7.24. The summed E-state index contributed by atoms with van der Waals surface area (Å²) in [6, 6.07) is 7.78. The van der Waals surface area contributed by atoms with E-state index >= 15 is 0 Å². The number of alkyl halides is 1. The van der Waals surface area contributed by atoms with Crippen LogP contribution in [0.5, 0.6) is 0 Å². The fraction of sp³-hybridized carbons (Fsp3) is 0.462. The van der Waals surface area contributed by atoms with Gasteiger partial charge in [-0.3, -0.25) is 4.79 Å². The number of carbonyl (C=O) groups is 1. The summed E-state index contributed by atoms with van der Waals surface area (Å²) >= 11 is 2.32. The maximum atomic E-state index is 11.7. The van der Waals surface area contributed by atoms with Gasteiger partial charge < -0.3 is 11.1 Å². The lowest BCUT2D eigenvalue weighted by molar-refractivity contribution is -0.123. The minimum absolute atomic E-state index is 0.0834. The number of hydrogen-bond donors (Lipinski definition) is 2. The Morgan fingerprint density at radius 1 is 1.41 bits per heavy atom. The molecule has 0 aromatic heterocycles. The number of rotatable bonds is 5. The first-order valence-electron chi connectivity index (χ1n) is 5.71. The molecule has 1 amide bonds. The lowest BCUT2D eigenvalue weighted by atomic mass is 10.0. The van der Waals surface area contributed by atoms with E-state index in [1.54, 1.807) is 0 Å². The third-order valence-electron chi connectivity index (χ3n) is 2.63. The summed E-state index contributed by atoms with van der Waals surface area (Å²) in [5.41, 5.74) is 8.15. The zero-order chi connectivity index (χ0) is 12.8. The number of benzene rings is 1. The molecule has 17 heavy (non-hydrogen) atoms. The number of hydrogen-bond acceptors (Lipinski definition) is 2. The average Bonchev–Trinajstić information content (AvgIpc) is 2.35. The van der Waals surface area contributed by atoms with Gasteiger partial charge in [-0.1, -0.05) is 60.7 Å². The Kier molecular flexibility index (Phi) is 5.91. The molecular formula is C13H19IN2O. The lowest BCUT2D eigenvalue weighted by Crippen LogP contribution is -2.43. The first kappa shape index (κ1) is 14.4. The van der Waals surface area contributed by atoms with Crippen molar-refractivity contribution in [2.75, 3.05) is 0 Å². The zero-order valence-electron chi connectivity index (χ0n) is 10.2. The third kappa shape index (κ3) is 4.63. The van der Waals surface area contributed by atoms with Crippen LogP contribution in [0.2, 0.25) is 0 Å². The molecule has 4 heteroatoms. The van der Waals surface area contributed by atoms with Gasteiger partial charge >= 0.3 is 0 Å². The van der Waals surface area contributed by atoms with Gasteiger partial charge in [0, 0.05) is 11.0 Å². The first-order chi connectivity index (χ1) is 8.04. The maximum Gasteiger partial charge on any atom is 0.237 e. The summed E-state index contributed by atoms with van der Waals surface area (Å²) in [6.45, 7) is 4.44. The van der Waals surface area contributed by atoms with Gasteiger partial charge in [-0.2, -0.15) is 0 Å². The standard InChI is InChI=1S/C13H19IN2O/c1-9(2)12(15)13(17)16-8-11-5-3-4-10(6-11)7-14/h3-6,9,12H,7-8,15H2,1-2H3,(H,16,17)/t12-/m1/s1. The van der Waals surface area contributed by atoms with Gasteiger partial charge in [0.2, 0.25) is 5.91 Å². The van der Waals surface area contributed by atoms with Crippen molar-refractivity contribution in [2.24, 2.45) is 11.7 Å². The van der Waals surface area contributed by atoms with E-state index in [0.717, 1.165) is 9.99 Å². The molecule has 1 aromatic rings. The zero-order valence-corrected chi connectivity index (χ0v) is 12.4. The average molecular weight is 346 g/mol. The van der Waals surface area contributed by atoms with Crippen LogP contribution < -0.4 is 11.1 Å². The highest BCUT2D eigenvalue weighted by atomic mass is 127. The van der Waals surface area contributed by atoms with Crippen LogP contribution in [0.4, 0.5) is 0 Å². The largest absolute Gasteiger partial charge is 0.351 e. The fourth-order valence-corrected chi connectivity index (χ4v) is 1.91. The number of carbonyl (C=O) groups excluding carboxylic acids is 1. The van der Waals surface area contributed by atoms with E-state index in [9.17, 15) is 4.79 Å². The molecule has 3 N–H and O–H groups in total. The topological polar surface area (TPSA) is 55.1 Å². The second-order valence-electron chi connectivity index (χ2n) is 4.44. The van der Waals surface area contributed by atoms with Crippen LogP contribution in [0.25, 0.3) is 0 Å². The predicted octanol–water partition coefficient (Wildman–Crippen LogP) is 2.22. The molecule has 0 bridgehead atoms. The molecular weight excluding hydrogens is 327 g/mol. The van der Waals surface area contributed by atoms with E-state index in [4.69, 9.17) is 5.73 Å². The maximum absolute atomic E-state index is 11.7. The van der Waals surface area contributed by atoms with Crippen molar-refractivity contribution in [3.63, 3.8) is 0 Å². The molecule has 0 spiro atoms. The van der Waals surface area contributed by atoms with Gasteiger partial charge in [0.15, 0.2) is 0 Å². The van der Waals surface area contributed by atoms with Crippen molar-refractivity contribution in [3.8, 4) is 0 Å². The molecule has 0 fully saturated rings. The molecule has 0 heterocycles. The SMILES string of the molecule is CC(C)[C@@H](N)C(=O)NCc1cccc(CI)c1. The van der Waals surface area contributed by atoms with E-state index in [2.05, 4.69) is 40.0 Å². The van der Waals surface area contributed by atoms with E-state index < -0.39 is 6.04 Å². The summed E-state index contributed by atoms with van der Waals surface area (Å²) in [7, 11) is 0. The Bertz CT molecular complexity index is 379.